The Morgan fingerprint density at radius 1 is 0.966 bits per heavy atom. The highest BCUT2D eigenvalue weighted by atomic mass is 16.6. The molecule has 0 heterocycles. The zero-order valence-electron chi connectivity index (χ0n) is 18.0. The van der Waals surface area contributed by atoms with Gasteiger partial charge in [-0.2, -0.15) is 0 Å². The van der Waals surface area contributed by atoms with Gasteiger partial charge in [-0.15, -0.1) is 0 Å². The maximum absolute atomic E-state index is 11.7. The Bertz CT molecular complexity index is 709. The van der Waals surface area contributed by atoms with Gasteiger partial charge in [-0.3, -0.25) is 4.90 Å². The molecular formula is C25H33NO3. The number of nitrogens with zero attached hydrogens (tertiary/aromatic N) is 1. The predicted molar refractivity (Wildman–Crippen MR) is 117 cm³/mol. The molecule has 0 radical (unpaired) electrons. The maximum Gasteiger partial charge on any atom is 0.332 e. The van der Waals surface area contributed by atoms with E-state index in [4.69, 9.17) is 9.47 Å². The molecule has 0 N–H and O–H groups in total. The second-order valence-corrected chi connectivity index (χ2v) is 8.15. The van der Waals surface area contributed by atoms with Crippen LogP contribution in [0.15, 0.2) is 72.8 Å². The molecule has 2 aromatic carbocycles. The summed E-state index contributed by atoms with van der Waals surface area (Å²) in [6.45, 7) is 9.79. The quantitative estimate of drug-likeness (QED) is 0.323. The maximum atomic E-state index is 11.7. The van der Waals surface area contributed by atoms with Gasteiger partial charge in [0, 0.05) is 19.1 Å². The molecule has 29 heavy (non-hydrogen) atoms. The smallest absolute Gasteiger partial charge is 0.332 e. The lowest BCUT2D eigenvalue weighted by atomic mass is 10.1. The molecule has 0 aliphatic heterocycles. The number of carbonyl (C=O) groups excluding carboxylic acids is 1. The van der Waals surface area contributed by atoms with Crippen molar-refractivity contribution in [2.45, 2.75) is 52.4 Å². The third-order valence-corrected chi connectivity index (χ3v) is 4.30. The van der Waals surface area contributed by atoms with Crippen molar-refractivity contribution >= 4 is 5.97 Å². The van der Waals surface area contributed by atoms with Gasteiger partial charge in [0.1, 0.15) is 12.2 Å². The summed E-state index contributed by atoms with van der Waals surface area (Å²) in [6.07, 6.45) is 4.10. The van der Waals surface area contributed by atoms with Crippen molar-refractivity contribution < 1.29 is 14.3 Å². The molecule has 2 aromatic rings. The van der Waals surface area contributed by atoms with E-state index in [1.165, 1.54) is 11.1 Å². The van der Waals surface area contributed by atoms with Gasteiger partial charge < -0.3 is 9.47 Å². The highest BCUT2D eigenvalue weighted by molar-refractivity contribution is 5.71. The minimum Gasteiger partial charge on any atom is -0.458 e. The second kappa shape index (κ2) is 11.5. The van der Waals surface area contributed by atoms with Crippen molar-refractivity contribution in [1.29, 1.82) is 0 Å². The Kier molecular flexibility index (Phi) is 9.10. The van der Waals surface area contributed by atoms with Crippen LogP contribution in [0, 0.1) is 0 Å². The minimum atomic E-state index is -0.486. The molecule has 0 unspecified atom stereocenters. The molecule has 0 aliphatic carbocycles. The third-order valence-electron chi connectivity index (χ3n) is 4.30. The monoisotopic (exact) mass is 395 g/mol. The number of carbonyl (C=O) groups is 1. The van der Waals surface area contributed by atoms with Crippen LogP contribution in [-0.2, 0) is 27.4 Å². The van der Waals surface area contributed by atoms with Crippen LogP contribution in [0.25, 0.3) is 0 Å². The summed E-state index contributed by atoms with van der Waals surface area (Å²) >= 11 is 0. The van der Waals surface area contributed by atoms with Gasteiger partial charge in [0.2, 0.25) is 0 Å². The average molecular weight is 396 g/mol. The van der Waals surface area contributed by atoms with Crippen molar-refractivity contribution in [2.75, 3.05) is 13.2 Å². The number of rotatable bonds is 10. The first kappa shape index (κ1) is 22.9. The molecule has 1 atom stereocenters. The Hall–Kier alpha value is -2.43. The first-order chi connectivity index (χ1) is 13.8. The second-order valence-electron chi connectivity index (χ2n) is 8.15. The molecule has 0 aliphatic rings. The van der Waals surface area contributed by atoms with Crippen LogP contribution in [0.3, 0.4) is 0 Å². The molecule has 2 rings (SSSR count). The van der Waals surface area contributed by atoms with E-state index in [1.54, 1.807) is 0 Å². The normalized spacial score (nSPS) is 13.0. The van der Waals surface area contributed by atoms with E-state index in [1.807, 2.05) is 39.0 Å². The summed E-state index contributed by atoms with van der Waals surface area (Å²) in [5.74, 6) is -0.339. The molecule has 0 saturated heterocycles. The predicted octanol–water partition coefficient (Wildman–Crippen LogP) is 4.99. The Morgan fingerprint density at radius 3 is 1.97 bits per heavy atom. The van der Waals surface area contributed by atoms with Crippen molar-refractivity contribution in [1.82, 2.24) is 4.90 Å². The first-order valence-electron chi connectivity index (χ1n) is 10.1. The standard InChI is InChI=1S/C25H33NO3/c1-21(12-11-17-28-20-24(27)29-25(2,3)4)26(18-22-13-7-5-8-14-22)19-23-15-9-6-10-16-23/h5-16,21H,17-20H2,1-4H3/b12-11+/t21-/m0/s1. The van der Waals surface area contributed by atoms with Gasteiger partial charge in [-0.05, 0) is 38.8 Å². The molecular weight excluding hydrogens is 362 g/mol. The molecule has 0 spiro atoms. The fraction of sp³-hybridized carbons (Fsp3) is 0.400. The average Bonchev–Trinajstić information content (AvgIpc) is 2.67. The summed E-state index contributed by atoms with van der Waals surface area (Å²) in [6, 6.07) is 21.2. The van der Waals surface area contributed by atoms with E-state index < -0.39 is 5.60 Å². The van der Waals surface area contributed by atoms with Gasteiger partial charge in [-0.25, -0.2) is 4.79 Å². The van der Waals surface area contributed by atoms with Gasteiger partial charge in [0.15, 0.2) is 0 Å². The molecule has 4 nitrogen and oxygen atoms in total. The molecule has 156 valence electrons. The molecule has 0 fully saturated rings. The highest BCUT2D eigenvalue weighted by Crippen LogP contribution is 2.14. The Labute approximate surface area is 175 Å². The van der Waals surface area contributed by atoms with E-state index in [2.05, 4.69) is 66.4 Å². The molecule has 0 amide bonds. The van der Waals surface area contributed by atoms with Crippen molar-refractivity contribution in [3.8, 4) is 0 Å². The SMILES string of the molecule is C[C@@H](/C=C/COCC(=O)OC(C)(C)C)N(Cc1ccccc1)Cc1ccccc1. The summed E-state index contributed by atoms with van der Waals surface area (Å²) in [7, 11) is 0. The van der Waals surface area contributed by atoms with Crippen LogP contribution < -0.4 is 0 Å². The molecule has 4 heteroatoms. The molecule has 0 bridgehead atoms. The van der Waals surface area contributed by atoms with Gasteiger partial charge >= 0.3 is 5.97 Å². The number of ether oxygens (including phenoxy) is 2. The van der Waals surface area contributed by atoms with Crippen LogP contribution in [-0.4, -0.2) is 35.7 Å². The van der Waals surface area contributed by atoms with Crippen LogP contribution >= 0.6 is 0 Å². The van der Waals surface area contributed by atoms with Crippen molar-refractivity contribution in [2.24, 2.45) is 0 Å². The minimum absolute atomic E-state index is 0.0340. The number of hydrogen-bond acceptors (Lipinski definition) is 4. The lowest BCUT2D eigenvalue weighted by Crippen LogP contribution is -2.30. The zero-order chi connectivity index (χ0) is 21.1. The van der Waals surface area contributed by atoms with Crippen LogP contribution in [0.5, 0.6) is 0 Å². The Balaban J connectivity index is 1.89. The lowest BCUT2D eigenvalue weighted by Gasteiger charge is -2.27. The largest absolute Gasteiger partial charge is 0.458 e. The van der Waals surface area contributed by atoms with E-state index in [9.17, 15) is 4.79 Å². The fourth-order valence-electron chi connectivity index (χ4n) is 2.94. The Morgan fingerprint density at radius 2 is 1.48 bits per heavy atom. The highest BCUT2D eigenvalue weighted by Gasteiger charge is 2.16. The van der Waals surface area contributed by atoms with Gasteiger partial charge in [0.25, 0.3) is 0 Å². The van der Waals surface area contributed by atoms with E-state index in [0.717, 1.165) is 13.1 Å². The summed E-state index contributed by atoms with van der Waals surface area (Å²) in [4.78, 5) is 14.1. The topological polar surface area (TPSA) is 38.8 Å². The third kappa shape index (κ3) is 9.55. The molecule has 0 saturated carbocycles. The van der Waals surface area contributed by atoms with E-state index in [0.29, 0.717) is 6.61 Å². The lowest BCUT2D eigenvalue weighted by molar-refractivity contribution is -0.159. The van der Waals surface area contributed by atoms with Crippen molar-refractivity contribution in [3.05, 3.63) is 83.9 Å². The van der Waals surface area contributed by atoms with Gasteiger partial charge in [0.05, 0.1) is 6.61 Å². The van der Waals surface area contributed by atoms with Gasteiger partial charge in [-0.1, -0.05) is 72.8 Å². The van der Waals surface area contributed by atoms with E-state index in [-0.39, 0.29) is 18.6 Å². The first-order valence-corrected chi connectivity index (χ1v) is 10.1. The zero-order valence-corrected chi connectivity index (χ0v) is 18.0. The van der Waals surface area contributed by atoms with Crippen LogP contribution in [0.4, 0.5) is 0 Å². The summed E-state index contributed by atoms with van der Waals surface area (Å²) in [5.41, 5.74) is 2.08. The number of hydrogen-bond donors (Lipinski definition) is 0. The van der Waals surface area contributed by atoms with Crippen molar-refractivity contribution in [3.63, 3.8) is 0 Å². The van der Waals surface area contributed by atoms with E-state index >= 15 is 0 Å². The van der Waals surface area contributed by atoms with Crippen LogP contribution in [0.2, 0.25) is 0 Å². The summed E-state index contributed by atoms with van der Waals surface area (Å²) < 4.78 is 10.7. The summed E-state index contributed by atoms with van der Waals surface area (Å²) in [5, 5.41) is 0. The van der Waals surface area contributed by atoms with Crippen LogP contribution in [0.1, 0.15) is 38.8 Å². The molecule has 0 aromatic heterocycles. The number of benzene rings is 2. The number of esters is 1. The fourth-order valence-corrected chi connectivity index (χ4v) is 2.94.